The first-order valence-corrected chi connectivity index (χ1v) is 6.91. The Morgan fingerprint density at radius 1 is 0.880 bits per heavy atom. The van der Waals surface area contributed by atoms with Crippen LogP contribution in [-0.4, -0.2) is 21.7 Å². The van der Waals surface area contributed by atoms with E-state index in [9.17, 15) is 29.8 Å². The van der Waals surface area contributed by atoms with Crippen molar-refractivity contribution in [2.45, 2.75) is 6.42 Å². The number of hydrogen-bond donors (Lipinski definition) is 1. The molecule has 10 nitrogen and oxygen atoms in total. The Morgan fingerprint density at radius 3 is 1.64 bits per heavy atom. The van der Waals surface area contributed by atoms with Gasteiger partial charge in [-0.25, -0.2) is 0 Å². The summed E-state index contributed by atoms with van der Waals surface area (Å²) in [7, 11) is 0. The first-order chi connectivity index (χ1) is 11.8. The van der Waals surface area contributed by atoms with Crippen molar-refractivity contribution >= 4 is 34.6 Å². The third kappa shape index (κ3) is 3.75. The molecule has 2 rings (SSSR count). The normalized spacial score (nSPS) is 10.1. The number of para-hydroxylation sites is 4. The summed E-state index contributed by atoms with van der Waals surface area (Å²) in [4.78, 5) is 45.4. The zero-order valence-corrected chi connectivity index (χ0v) is 12.7. The van der Waals surface area contributed by atoms with Crippen molar-refractivity contribution in [3.63, 3.8) is 0 Å². The summed E-state index contributed by atoms with van der Waals surface area (Å²) in [6.07, 6.45) is -0.766. The van der Waals surface area contributed by atoms with E-state index in [4.69, 9.17) is 5.73 Å². The van der Waals surface area contributed by atoms with Gasteiger partial charge in [-0.1, -0.05) is 24.3 Å². The Hall–Kier alpha value is -3.82. The van der Waals surface area contributed by atoms with E-state index in [-0.39, 0.29) is 11.4 Å². The van der Waals surface area contributed by atoms with Crippen LogP contribution < -0.4 is 10.6 Å². The van der Waals surface area contributed by atoms with Crippen LogP contribution in [0.5, 0.6) is 0 Å². The van der Waals surface area contributed by atoms with Crippen molar-refractivity contribution in [3.05, 3.63) is 68.8 Å². The highest BCUT2D eigenvalue weighted by molar-refractivity contribution is 6.10. The van der Waals surface area contributed by atoms with Crippen LogP contribution in [0.25, 0.3) is 0 Å². The third-order valence-electron chi connectivity index (χ3n) is 3.21. The highest BCUT2D eigenvalue weighted by Gasteiger charge is 2.30. The Labute approximate surface area is 140 Å². The third-order valence-corrected chi connectivity index (χ3v) is 3.21. The van der Waals surface area contributed by atoms with Crippen LogP contribution in [0.3, 0.4) is 0 Å². The van der Waals surface area contributed by atoms with Crippen LogP contribution >= 0.6 is 0 Å². The monoisotopic (exact) mass is 344 g/mol. The lowest BCUT2D eigenvalue weighted by atomic mass is 10.1. The maximum atomic E-state index is 12.5. The number of rotatable bonds is 6. The largest absolute Gasteiger partial charge is 0.369 e. The maximum Gasteiger partial charge on any atom is 0.293 e. The van der Waals surface area contributed by atoms with Gasteiger partial charge in [0.25, 0.3) is 11.4 Å². The molecule has 0 fully saturated rings. The highest BCUT2D eigenvalue weighted by atomic mass is 16.6. The topological polar surface area (TPSA) is 150 Å². The number of nitrogens with zero attached hydrogens (tertiary/aromatic N) is 3. The average molecular weight is 344 g/mol. The summed E-state index contributed by atoms with van der Waals surface area (Å²) in [5, 5.41) is 22.5. The smallest absolute Gasteiger partial charge is 0.293 e. The van der Waals surface area contributed by atoms with Crippen LogP contribution in [0.2, 0.25) is 0 Å². The summed E-state index contributed by atoms with van der Waals surface area (Å²) >= 11 is 0. The second-order valence-corrected chi connectivity index (χ2v) is 4.86. The van der Waals surface area contributed by atoms with Crippen LogP contribution in [0.4, 0.5) is 22.7 Å². The molecule has 0 saturated heterocycles. The van der Waals surface area contributed by atoms with E-state index < -0.39 is 39.5 Å². The number of carbonyl (C=O) groups excluding carboxylic acids is 2. The predicted octanol–water partition coefficient (Wildman–Crippen LogP) is 2.04. The van der Waals surface area contributed by atoms with E-state index in [1.54, 1.807) is 0 Å². The zero-order chi connectivity index (χ0) is 18.6. The standard InChI is InChI=1S/C15H12N4O6/c16-14(20)9-15(21)17(10-5-1-3-7-12(10)18(22)23)11-6-2-4-8-13(11)19(24)25/h1-8H,9H2,(H2,16,20). The Balaban J connectivity index is 2.72. The van der Waals surface area contributed by atoms with Crippen molar-refractivity contribution in [1.82, 2.24) is 0 Å². The molecule has 0 saturated carbocycles. The first kappa shape index (κ1) is 17.5. The number of amides is 2. The maximum absolute atomic E-state index is 12.5. The Bertz CT molecular complexity index is 809. The molecule has 0 heterocycles. The lowest BCUT2D eigenvalue weighted by Gasteiger charge is -2.22. The fraction of sp³-hybridized carbons (Fsp3) is 0.0667. The minimum absolute atomic E-state index is 0.201. The summed E-state index contributed by atoms with van der Waals surface area (Å²) in [5.41, 5.74) is 3.74. The van der Waals surface area contributed by atoms with Crippen molar-refractivity contribution in [2.75, 3.05) is 4.90 Å². The molecule has 2 N–H and O–H groups in total. The number of nitro groups is 2. The summed E-state index contributed by atoms with van der Waals surface area (Å²) in [6, 6.07) is 10.4. The number of nitrogens with two attached hydrogens (primary N) is 1. The van der Waals surface area contributed by atoms with Gasteiger partial charge in [0, 0.05) is 12.1 Å². The second-order valence-electron chi connectivity index (χ2n) is 4.86. The average Bonchev–Trinajstić information content (AvgIpc) is 2.55. The number of nitro benzene ring substituents is 2. The molecule has 0 spiro atoms. The van der Waals surface area contributed by atoms with Gasteiger partial charge in [0.05, 0.1) is 9.85 Å². The summed E-state index contributed by atoms with van der Waals surface area (Å²) < 4.78 is 0. The van der Waals surface area contributed by atoms with Crippen LogP contribution in [0, 0.1) is 20.2 Å². The fourth-order valence-electron chi connectivity index (χ4n) is 2.24. The highest BCUT2D eigenvalue weighted by Crippen LogP contribution is 2.38. The number of hydrogen-bond acceptors (Lipinski definition) is 6. The molecule has 0 unspecified atom stereocenters. The zero-order valence-electron chi connectivity index (χ0n) is 12.7. The number of anilines is 2. The lowest BCUT2D eigenvalue weighted by molar-refractivity contribution is -0.384. The molecule has 25 heavy (non-hydrogen) atoms. The van der Waals surface area contributed by atoms with Crippen molar-refractivity contribution in [1.29, 1.82) is 0 Å². The molecule has 0 bridgehead atoms. The van der Waals surface area contributed by atoms with E-state index in [1.807, 2.05) is 0 Å². The number of benzene rings is 2. The molecule has 0 aliphatic heterocycles. The van der Waals surface area contributed by atoms with E-state index in [0.29, 0.717) is 0 Å². The molecule has 0 atom stereocenters. The van der Waals surface area contributed by atoms with Gasteiger partial charge in [0.2, 0.25) is 11.8 Å². The molecule has 10 heteroatoms. The first-order valence-electron chi connectivity index (χ1n) is 6.91. The Morgan fingerprint density at radius 2 is 1.28 bits per heavy atom. The summed E-state index contributed by atoms with van der Waals surface area (Å²) in [5.74, 6) is -1.89. The minimum atomic E-state index is -0.966. The van der Waals surface area contributed by atoms with E-state index in [2.05, 4.69) is 0 Å². The molecule has 0 aromatic heterocycles. The molecule has 2 amide bonds. The predicted molar refractivity (Wildman–Crippen MR) is 87.2 cm³/mol. The molecule has 2 aromatic rings. The fourth-order valence-corrected chi connectivity index (χ4v) is 2.24. The molecule has 2 aromatic carbocycles. The molecule has 0 radical (unpaired) electrons. The number of carbonyl (C=O) groups is 2. The van der Waals surface area contributed by atoms with Crippen molar-refractivity contribution in [2.24, 2.45) is 5.73 Å². The molecular weight excluding hydrogens is 332 g/mol. The molecule has 0 aliphatic carbocycles. The van der Waals surface area contributed by atoms with Crippen LogP contribution in [-0.2, 0) is 9.59 Å². The van der Waals surface area contributed by atoms with Gasteiger partial charge in [-0.2, -0.15) is 0 Å². The molecule has 0 aliphatic rings. The Kier molecular flexibility index (Phi) is 5.03. The van der Waals surface area contributed by atoms with Gasteiger partial charge in [0.15, 0.2) is 0 Å². The van der Waals surface area contributed by atoms with Gasteiger partial charge in [-0.3, -0.25) is 34.7 Å². The molecule has 128 valence electrons. The van der Waals surface area contributed by atoms with Gasteiger partial charge in [-0.05, 0) is 12.1 Å². The summed E-state index contributed by atoms with van der Waals surface area (Å²) in [6.45, 7) is 0. The van der Waals surface area contributed by atoms with Gasteiger partial charge < -0.3 is 5.73 Å². The van der Waals surface area contributed by atoms with E-state index in [0.717, 1.165) is 17.0 Å². The van der Waals surface area contributed by atoms with E-state index >= 15 is 0 Å². The van der Waals surface area contributed by atoms with Crippen LogP contribution in [0.15, 0.2) is 48.5 Å². The van der Waals surface area contributed by atoms with Crippen molar-refractivity contribution < 1.29 is 19.4 Å². The second kappa shape index (κ2) is 7.17. The van der Waals surface area contributed by atoms with Gasteiger partial charge in [-0.15, -0.1) is 0 Å². The van der Waals surface area contributed by atoms with Gasteiger partial charge >= 0.3 is 0 Å². The van der Waals surface area contributed by atoms with E-state index in [1.165, 1.54) is 36.4 Å². The SMILES string of the molecule is NC(=O)CC(=O)N(c1ccccc1[N+](=O)[O-])c1ccccc1[N+](=O)[O-]. The molecular formula is C15H12N4O6. The van der Waals surface area contributed by atoms with Gasteiger partial charge in [0.1, 0.15) is 17.8 Å². The number of primary amides is 1. The quantitative estimate of drug-likeness (QED) is 0.481. The minimum Gasteiger partial charge on any atom is -0.369 e. The lowest BCUT2D eigenvalue weighted by Crippen LogP contribution is -2.31. The van der Waals surface area contributed by atoms with Crippen molar-refractivity contribution in [3.8, 4) is 0 Å². The van der Waals surface area contributed by atoms with Crippen LogP contribution in [0.1, 0.15) is 6.42 Å².